The Balaban J connectivity index is 2.13. The van der Waals surface area contributed by atoms with Gasteiger partial charge in [0, 0.05) is 6.04 Å². The van der Waals surface area contributed by atoms with Gasteiger partial charge in [0.25, 0.3) is 0 Å². The van der Waals surface area contributed by atoms with Crippen LogP contribution < -0.4 is 5.73 Å². The minimum absolute atomic E-state index is 0.0693. The third-order valence-corrected chi connectivity index (χ3v) is 4.38. The van der Waals surface area contributed by atoms with Gasteiger partial charge in [-0.15, -0.1) is 0 Å². The van der Waals surface area contributed by atoms with E-state index in [0.717, 1.165) is 31.2 Å². The summed E-state index contributed by atoms with van der Waals surface area (Å²) in [6.45, 7) is 2.17. The van der Waals surface area contributed by atoms with Crippen molar-refractivity contribution in [1.82, 2.24) is 0 Å². The number of benzene rings is 1. The second kappa shape index (κ2) is 6.17. The van der Waals surface area contributed by atoms with Crippen LogP contribution in [0.2, 0.25) is 0 Å². The van der Waals surface area contributed by atoms with E-state index in [-0.39, 0.29) is 12.0 Å². The normalized spacial score (nSPS) is 27.6. The van der Waals surface area contributed by atoms with Crippen molar-refractivity contribution < 1.29 is 13.2 Å². The van der Waals surface area contributed by atoms with Crippen LogP contribution in [0.15, 0.2) is 24.3 Å². The van der Waals surface area contributed by atoms with Crippen molar-refractivity contribution in [1.29, 1.82) is 0 Å². The molecule has 0 radical (unpaired) electrons. The molecular weight excluding hydrogens is 263 g/mol. The molecule has 0 spiro atoms. The fourth-order valence-electron chi connectivity index (χ4n) is 3.25. The van der Waals surface area contributed by atoms with Gasteiger partial charge in [-0.05, 0) is 48.8 Å². The van der Waals surface area contributed by atoms with E-state index in [1.54, 1.807) is 12.1 Å². The molecule has 1 saturated carbocycles. The highest BCUT2D eigenvalue weighted by molar-refractivity contribution is 5.28. The van der Waals surface area contributed by atoms with Crippen LogP contribution in [0.25, 0.3) is 0 Å². The van der Waals surface area contributed by atoms with Crippen molar-refractivity contribution in [2.24, 2.45) is 11.7 Å². The molecule has 0 amide bonds. The van der Waals surface area contributed by atoms with Crippen molar-refractivity contribution in [3.05, 3.63) is 35.4 Å². The van der Waals surface area contributed by atoms with Gasteiger partial charge in [0.2, 0.25) is 0 Å². The highest BCUT2D eigenvalue weighted by Gasteiger charge is 2.32. The number of rotatable bonds is 3. The lowest BCUT2D eigenvalue weighted by Gasteiger charge is -2.34. The molecule has 1 aliphatic rings. The van der Waals surface area contributed by atoms with Crippen molar-refractivity contribution in [3.8, 4) is 0 Å². The number of halogens is 3. The SMILES string of the molecule is CCCC1CCC(N)C(c2ccc(C(F)(F)F)cc2)C1. The molecule has 1 aromatic rings. The maximum Gasteiger partial charge on any atom is 0.416 e. The maximum atomic E-state index is 12.6. The van der Waals surface area contributed by atoms with Gasteiger partial charge in [0.1, 0.15) is 0 Å². The molecule has 112 valence electrons. The van der Waals surface area contributed by atoms with E-state index in [0.29, 0.717) is 5.92 Å². The van der Waals surface area contributed by atoms with Gasteiger partial charge < -0.3 is 5.73 Å². The Morgan fingerprint density at radius 2 is 1.80 bits per heavy atom. The Bertz CT molecular complexity index is 424. The van der Waals surface area contributed by atoms with Crippen molar-refractivity contribution >= 4 is 0 Å². The van der Waals surface area contributed by atoms with Crippen LogP contribution in [0.4, 0.5) is 13.2 Å². The van der Waals surface area contributed by atoms with Crippen LogP contribution in [0.3, 0.4) is 0 Å². The van der Waals surface area contributed by atoms with E-state index in [9.17, 15) is 13.2 Å². The van der Waals surface area contributed by atoms with Gasteiger partial charge in [-0.1, -0.05) is 31.9 Å². The first-order chi connectivity index (χ1) is 9.41. The van der Waals surface area contributed by atoms with Gasteiger partial charge >= 0.3 is 6.18 Å². The van der Waals surface area contributed by atoms with Crippen LogP contribution in [-0.2, 0) is 6.18 Å². The minimum atomic E-state index is -4.27. The molecule has 1 aliphatic carbocycles. The van der Waals surface area contributed by atoms with Crippen LogP contribution in [0, 0.1) is 5.92 Å². The molecule has 1 nitrogen and oxygen atoms in total. The topological polar surface area (TPSA) is 26.0 Å². The number of nitrogens with two attached hydrogens (primary N) is 1. The Labute approximate surface area is 118 Å². The summed E-state index contributed by atoms with van der Waals surface area (Å²) in [4.78, 5) is 0. The van der Waals surface area contributed by atoms with E-state index in [4.69, 9.17) is 5.73 Å². The number of alkyl halides is 3. The quantitative estimate of drug-likeness (QED) is 0.854. The lowest BCUT2D eigenvalue weighted by Crippen LogP contribution is -2.34. The number of hydrogen-bond acceptors (Lipinski definition) is 1. The summed E-state index contributed by atoms with van der Waals surface area (Å²) in [5, 5.41) is 0. The zero-order valence-corrected chi connectivity index (χ0v) is 11.8. The highest BCUT2D eigenvalue weighted by Crippen LogP contribution is 2.38. The first-order valence-electron chi connectivity index (χ1n) is 7.34. The van der Waals surface area contributed by atoms with Gasteiger partial charge in [-0.3, -0.25) is 0 Å². The molecule has 0 aliphatic heterocycles. The Hall–Kier alpha value is -1.03. The van der Waals surface area contributed by atoms with E-state index < -0.39 is 11.7 Å². The largest absolute Gasteiger partial charge is 0.416 e. The standard InChI is InChI=1S/C16H22F3N/c1-2-3-11-4-9-15(20)14(10-11)12-5-7-13(8-6-12)16(17,18)19/h5-8,11,14-15H,2-4,9-10,20H2,1H3. The molecular formula is C16H22F3N. The van der Waals surface area contributed by atoms with Gasteiger partial charge in [0.05, 0.1) is 5.56 Å². The summed E-state index contributed by atoms with van der Waals surface area (Å²) in [6.07, 6.45) is 1.18. The second-order valence-electron chi connectivity index (χ2n) is 5.86. The van der Waals surface area contributed by atoms with Gasteiger partial charge in [-0.25, -0.2) is 0 Å². The molecule has 3 unspecified atom stereocenters. The molecule has 1 aromatic carbocycles. The molecule has 3 atom stereocenters. The third-order valence-electron chi connectivity index (χ3n) is 4.38. The Kier molecular flexibility index (Phi) is 4.74. The van der Waals surface area contributed by atoms with E-state index in [1.807, 2.05) is 0 Å². The molecule has 0 saturated heterocycles. The maximum absolute atomic E-state index is 12.6. The first kappa shape index (κ1) is 15.4. The fraction of sp³-hybridized carbons (Fsp3) is 0.625. The molecule has 2 rings (SSSR count). The summed E-state index contributed by atoms with van der Waals surface area (Å²) >= 11 is 0. The smallest absolute Gasteiger partial charge is 0.327 e. The van der Waals surface area contributed by atoms with E-state index in [1.165, 1.54) is 18.6 Å². The van der Waals surface area contributed by atoms with Crippen LogP contribution >= 0.6 is 0 Å². The second-order valence-corrected chi connectivity index (χ2v) is 5.86. The predicted molar refractivity (Wildman–Crippen MR) is 74.4 cm³/mol. The van der Waals surface area contributed by atoms with Crippen LogP contribution in [-0.4, -0.2) is 6.04 Å². The number of hydrogen-bond donors (Lipinski definition) is 1. The van der Waals surface area contributed by atoms with Crippen LogP contribution in [0.1, 0.15) is 56.1 Å². The Morgan fingerprint density at radius 3 is 2.35 bits per heavy atom. The highest BCUT2D eigenvalue weighted by atomic mass is 19.4. The van der Waals surface area contributed by atoms with Crippen molar-refractivity contribution in [3.63, 3.8) is 0 Å². The first-order valence-corrected chi connectivity index (χ1v) is 7.34. The Morgan fingerprint density at radius 1 is 1.15 bits per heavy atom. The molecule has 2 N–H and O–H groups in total. The molecule has 0 bridgehead atoms. The fourth-order valence-corrected chi connectivity index (χ4v) is 3.25. The summed E-state index contributed by atoms with van der Waals surface area (Å²) in [5.41, 5.74) is 6.53. The molecule has 20 heavy (non-hydrogen) atoms. The van der Waals surface area contributed by atoms with Gasteiger partial charge in [-0.2, -0.15) is 13.2 Å². The van der Waals surface area contributed by atoms with Crippen molar-refractivity contribution in [2.75, 3.05) is 0 Å². The van der Waals surface area contributed by atoms with E-state index in [2.05, 4.69) is 6.92 Å². The van der Waals surface area contributed by atoms with Crippen LogP contribution in [0.5, 0.6) is 0 Å². The summed E-state index contributed by atoms with van der Waals surface area (Å²) in [5.74, 6) is 0.856. The summed E-state index contributed by atoms with van der Waals surface area (Å²) in [7, 11) is 0. The molecule has 4 heteroatoms. The van der Waals surface area contributed by atoms with Crippen molar-refractivity contribution in [2.45, 2.75) is 57.2 Å². The zero-order chi connectivity index (χ0) is 14.8. The monoisotopic (exact) mass is 285 g/mol. The third kappa shape index (κ3) is 3.54. The molecule has 1 fully saturated rings. The lowest BCUT2D eigenvalue weighted by molar-refractivity contribution is -0.137. The van der Waals surface area contributed by atoms with E-state index >= 15 is 0 Å². The molecule has 0 heterocycles. The summed E-state index contributed by atoms with van der Waals surface area (Å²) in [6, 6.07) is 5.61. The average Bonchev–Trinajstić information content (AvgIpc) is 2.40. The average molecular weight is 285 g/mol. The predicted octanol–water partition coefficient (Wildman–Crippen LogP) is 4.72. The molecule has 0 aromatic heterocycles. The van der Waals surface area contributed by atoms with Gasteiger partial charge in [0.15, 0.2) is 0 Å². The minimum Gasteiger partial charge on any atom is -0.327 e. The summed E-state index contributed by atoms with van der Waals surface area (Å²) < 4.78 is 37.7. The zero-order valence-electron chi connectivity index (χ0n) is 11.8. The lowest BCUT2D eigenvalue weighted by atomic mass is 9.73.